The van der Waals surface area contributed by atoms with Crippen LogP contribution in [0, 0.1) is 6.07 Å². The van der Waals surface area contributed by atoms with Crippen molar-refractivity contribution in [2.75, 3.05) is 65.6 Å². The van der Waals surface area contributed by atoms with Crippen LogP contribution in [0.4, 0.5) is 46.8 Å². The predicted octanol–water partition coefficient (Wildman–Crippen LogP) is -2.69. The molecule has 2 heterocycles. The van der Waals surface area contributed by atoms with E-state index < -0.39 is 25.6 Å². The molecule has 20 nitrogen and oxygen atoms in total. The van der Waals surface area contributed by atoms with E-state index >= 15 is 0 Å². The molecule has 6 rings (SSSR count). The number of hydrogen-bond acceptors (Lipinski definition) is 20. The number of hydrogen-bond donors (Lipinski definition) is 7. The van der Waals surface area contributed by atoms with Crippen molar-refractivity contribution in [3.8, 4) is 0 Å². The number of aliphatic hydroxyl groups excluding tert-OH is 2. The van der Waals surface area contributed by atoms with E-state index in [0.717, 1.165) is 17.7 Å². The van der Waals surface area contributed by atoms with Crippen LogP contribution >= 0.6 is 0 Å². The smallest absolute Gasteiger partial charge is 0.744 e. The first-order valence-electron chi connectivity index (χ1n) is 18.8. The molecule has 0 aliphatic rings. The first kappa shape index (κ1) is 53.4. The Hall–Kier alpha value is -4.95. The maximum atomic E-state index is 12.5. The molecule has 0 spiro atoms. The summed E-state index contributed by atoms with van der Waals surface area (Å²) in [4.78, 5) is 28.1. The third-order valence-electron chi connectivity index (χ3n) is 8.30. The Labute approximate surface area is 415 Å². The van der Waals surface area contributed by atoms with Crippen LogP contribution in [-0.4, -0.2) is 105 Å². The molecular formula is C40H42N12Na2O8S2. The number of aliphatic hydroxyl groups is 2. The number of benzene rings is 4. The van der Waals surface area contributed by atoms with Gasteiger partial charge in [-0.25, -0.2) is 8.42 Å². The number of para-hydroxylation sites is 1. The molecule has 24 heteroatoms. The molecule has 0 saturated carbocycles. The van der Waals surface area contributed by atoms with E-state index in [1.807, 2.05) is 60.7 Å². The van der Waals surface area contributed by atoms with Crippen LogP contribution in [0.1, 0.15) is 28.9 Å². The second-order valence-corrected chi connectivity index (χ2v) is 14.6. The Bertz CT molecular complexity index is 2630. The molecule has 4 aromatic carbocycles. The number of nitrogens with one attached hydrogen (secondary N) is 4. The standard InChI is InChI=1S/C40H43N12O5S.2Na.O3S/c41-20-7-21-42-36-48-38(43-31-10-5-2-6-11-31)50-39(49-36)44-32-17-13-28(14-18-32)12-15-30-16-19-33(27-34(30)58(55,56)57)45-37-46-35(26-29-8-3-1-4-9-29)47-40(51-37)52(22-24-53)23-25-54;;;1-4(2)3/h1-6,8-13,15-19,27,53-54H,7,20-26,41H2,(H,55,56,57)(H,45,46,47,51)(H3,42,43,44,48,49,50);;;/q-1;2*+1;/p-1/b15-12+;;;. The summed E-state index contributed by atoms with van der Waals surface area (Å²) in [7, 11) is -8.04. The molecular weight excluding hydrogens is 887 g/mol. The van der Waals surface area contributed by atoms with Crippen molar-refractivity contribution in [2.45, 2.75) is 17.7 Å². The number of nitrogens with zero attached hydrogens (tertiary/aromatic N) is 7. The van der Waals surface area contributed by atoms with Crippen LogP contribution in [0.2, 0.25) is 0 Å². The Kier molecular flexibility index (Phi) is 22.9. The van der Waals surface area contributed by atoms with Gasteiger partial charge in [-0.15, -0.1) is 43.0 Å². The molecule has 0 radical (unpaired) electrons. The number of nitrogens with two attached hydrogens (primary N) is 1. The van der Waals surface area contributed by atoms with Crippen molar-refractivity contribution >= 4 is 79.7 Å². The molecule has 0 aliphatic heterocycles. The number of rotatable bonds is 20. The molecule has 2 aromatic heterocycles. The molecule has 0 atom stereocenters. The van der Waals surface area contributed by atoms with E-state index in [0.29, 0.717) is 48.5 Å². The summed E-state index contributed by atoms with van der Waals surface area (Å²) in [5.74, 6) is 1.67. The fraction of sp³-hybridized carbons (Fsp3) is 0.200. The van der Waals surface area contributed by atoms with E-state index in [9.17, 15) is 23.2 Å². The van der Waals surface area contributed by atoms with Gasteiger partial charge in [0.25, 0.3) is 0 Å². The van der Waals surface area contributed by atoms with Crippen LogP contribution in [-0.2, 0) is 27.1 Å². The molecule has 0 saturated heterocycles. The largest absolute Gasteiger partial charge is 1.00 e. The van der Waals surface area contributed by atoms with Crippen molar-refractivity contribution in [3.05, 3.63) is 126 Å². The Balaban J connectivity index is 0.00000174. The fourth-order valence-corrected chi connectivity index (χ4v) is 6.25. The molecule has 0 bridgehead atoms. The van der Waals surface area contributed by atoms with Crippen LogP contribution in [0.5, 0.6) is 0 Å². The zero-order valence-electron chi connectivity index (χ0n) is 34.9. The molecule has 324 valence electrons. The second-order valence-electron chi connectivity index (χ2n) is 12.9. The van der Waals surface area contributed by atoms with Gasteiger partial charge in [0.15, 0.2) is 0 Å². The first-order valence-corrected chi connectivity index (χ1v) is 21.2. The topological polar surface area (TPSA) is 304 Å². The Morgan fingerprint density at radius 1 is 0.719 bits per heavy atom. The Morgan fingerprint density at radius 3 is 1.89 bits per heavy atom. The van der Waals surface area contributed by atoms with Crippen molar-refractivity contribution in [3.63, 3.8) is 0 Å². The van der Waals surface area contributed by atoms with Gasteiger partial charge in [-0.1, -0.05) is 60.7 Å². The van der Waals surface area contributed by atoms with E-state index in [1.165, 1.54) is 18.2 Å². The average molecular weight is 929 g/mol. The van der Waals surface area contributed by atoms with Gasteiger partial charge in [0.1, 0.15) is 15.9 Å². The van der Waals surface area contributed by atoms with Crippen LogP contribution in [0.25, 0.3) is 12.2 Å². The van der Waals surface area contributed by atoms with Crippen molar-refractivity contribution in [2.24, 2.45) is 5.73 Å². The monoisotopic (exact) mass is 928 g/mol. The minimum absolute atomic E-state index is 0. The molecule has 0 unspecified atom stereocenters. The maximum Gasteiger partial charge on any atom is 1.00 e. The summed E-state index contributed by atoms with van der Waals surface area (Å²) >= 11 is 0. The summed E-state index contributed by atoms with van der Waals surface area (Å²) in [5, 5.41) is 31.7. The van der Waals surface area contributed by atoms with E-state index in [1.54, 1.807) is 35.2 Å². The maximum absolute atomic E-state index is 12.5. The van der Waals surface area contributed by atoms with Crippen molar-refractivity contribution in [1.29, 1.82) is 0 Å². The zero-order chi connectivity index (χ0) is 44.3. The molecule has 64 heavy (non-hydrogen) atoms. The van der Waals surface area contributed by atoms with Gasteiger partial charge in [-0.3, -0.25) is 0 Å². The van der Waals surface area contributed by atoms with Gasteiger partial charge in [0, 0.05) is 37.4 Å². The van der Waals surface area contributed by atoms with Gasteiger partial charge < -0.3 is 46.7 Å². The van der Waals surface area contributed by atoms with E-state index in [2.05, 4.69) is 57.2 Å². The normalized spacial score (nSPS) is 10.7. The summed E-state index contributed by atoms with van der Waals surface area (Å²) in [6.07, 6.45) is 4.24. The van der Waals surface area contributed by atoms with Crippen molar-refractivity contribution < 1.29 is 94.9 Å². The number of anilines is 8. The molecule has 0 fully saturated rings. The summed E-state index contributed by atoms with van der Waals surface area (Å²) in [5.41, 5.74) is 9.02. The predicted molar refractivity (Wildman–Crippen MR) is 232 cm³/mol. The van der Waals surface area contributed by atoms with Gasteiger partial charge in [-0.05, 0) is 54.0 Å². The third kappa shape index (κ3) is 17.9. The van der Waals surface area contributed by atoms with Crippen LogP contribution in [0.15, 0.2) is 102 Å². The molecule has 6 aromatic rings. The molecule has 0 amide bonds. The second kappa shape index (κ2) is 27.4. The zero-order valence-corrected chi connectivity index (χ0v) is 40.6. The first-order chi connectivity index (χ1) is 29.9. The Morgan fingerprint density at radius 2 is 1.30 bits per heavy atom. The van der Waals surface area contributed by atoms with Gasteiger partial charge in [-0.2, -0.15) is 35.5 Å². The minimum Gasteiger partial charge on any atom is -0.744 e. The summed E-state index contributed by atoms with van der Waals surface area (Å²) in [6, 6.07) is 31.7. The van der Waals surface area contributed by atoms with E-state index in [4.69, 9.17) is 18.4 Å². The van der Waals surface area contributed by atoms with E-state index in [-0.39, 0.29) is 115 Å². The van der Waals surface area contributed by atoms with Crippen molar-refractivity contribution in [1.82, 2.24) is 29.9 Å². The van der Waals surface area contributed by atoms with Gasteiger partial charge in [0.05, 0.1) is 18.1 Å². The van der Waals surface area contributed by atoms with Gasteiger partial charge >= 0.3 is 69.7 Å². The summed E-state index contributed by atoms with van der Waals surface area (Å²) in [6.45, 7) is 1.01. The fourth-order valence-electron chi connectivity index (χ4n) is 5.56. The SMILES string of the molecule is NCCCNc1nc(Nc2c[c-]c(/C=C/c3ccc(Nc4nc(Cc5ccccc5)nc(N(CCO)CCO)n4)cc3S(=O)(=O)[O-])cc2)nc(Nc2ccccc2)n1.O=S(=O)=O.[Na+].[Na+]. The average Bonchev–Trinajstić information content (AvgIpc) is 3.24. The van der Waals surface area contributed by atoms with Gasteiger partial charge in [0.2, 0.25) is 29.7 Å². The molecule has 0 aliphatic carbocycles. The summed E-state index contributed by atoms with van der Waals surface area (Å²) < 4.78 is 62.8. The quantitative estimate of drug-likeness (QED) is 0.0135. The minimum atomic E-state index is -4.93. The number of aromatic nitrogens is 6. The van der Waals surface area contributed by atoms with Crippen LogP contribution in [0.3, 0.4) is 0 Å². The van der Waals surface area contributed by atoms with Crippen LogP contribution < -0.4 is 91.0 Å². The molecule has 8 N–H and O–H groups in total. The third-order valence-corrected chi connectivity index (χ3v) is 9.19.